The SMILES string of the molecule is CC1(C)[C@H](CCCC(=O)c2ccc(I)cc2)C(C)(C)[C@H]1Oc1ccc(C#N)c(Br)c1. The maximum atomic E-state index is 12.5. The summed E-state index contributed by atoms with van der Waals surface area (Å²) in [5.41, 5.74) is 1.42. The summed E-state index contributed by atoms with van der Waals surface area (Å²) in [5.74, 6) is 1.47. The molecule has 0 saturated heterocycles. The van der Waals surface area contributed by atoms with Gasteiger partial charge in [0.05, 0.1) is 5.56 Å². The topological polar surface area (TPSA) is 50.1 Å². The van der Waals surface area contributed by atoms with Crippen LogP contribution in [-0.4, -0.2) is 11.9 Å². The first-order chi connectivity index (χ1) is 14.1. The molecule has 0 atom stereocenters. The number of hydrogen-bond acceptors (Lipinski definition) is 3. The average Bonchev–Trinajstić information content (AvgIpc) is 2.69. The van der Waals surface area contributed by atoms with Crippen molar-refractivity contribution in [3.63, 3.8) is 0 Å². The molecule has 5 heteroatoms. The molecule has 0 N–H and O–H groups in total. The lowest BCUT2D eigenvalue weighted by Gasteiger charge is -2.63. The Morgan fingerprint density at radius 3 is 2.33 bits per heavy atom. The van der Waals surface area contributed by atoms with Gasteiger partial charge < -0.3 is 4.74 Å². The molecule has 3 rings (SSSR count). The number of carbonyl (C=O) groups is 1. The molecule has 0 radical (unpaired) electrons. The van der Waals surface area contributed by atoms with Crippen molar-refractivity contribution >= 4 is 44.3 Å². The number of ketones is 1. The van der Waals surface area contributed by atoms with Gasteiger partial charge in [-0.2, -0.15) is 5.26 Å². The summed E-state index contributed by atoms with van der Waals surface area (Å²) >= 11 is 5.69. The summed E-state index contributed by atoms with van der Waals surface area (Å²) in [6.07, 6.45) is 2.55. The molecule has 1 aliphatic carbocycles. The fourth-order valence-electron chi connectivity index (χ4n) is 5.28. The van der Waals surface area contributed by atoms with E-state index in [1.807, 2.05) is 36.4 Å². The van der Waals surface area contributed by atoms with Crippen LogP contribution in [0.2, 0.25) is 0 Å². The van der Waals surface area contributed by atoms with Crippen LogP contribution in [0.25, 0.3) is 0 Å². The zero-order valence-electron chi connectivity index (χ0n) is 17.8. The van der Waals surface area contributed by atoms with E-state index < -0.39 is 0 Å². The molecule has 0 aromatic heterocycles. The normalized spacial score (nSPS) is 21.4. The molecule has 0 spiro atoms. The molecule has 1 fully saturated rings. The lowest BCUT2D eigenvalue weighted by atomic mass is 9.44. The minimum absolute atomic E-state index is 0.00971. The Balaban J connectivity index is 1.61. The molecular weight excluding hydrogens is 553 g/mol. The zero-order valence-corrected chi connectivity index (χ0v) is 21.6. The maximum Gasteiger partial charge on any atom is 0.162 e. The van der Waals surface area contributed by atoms with E-state index in [1.54, 1.807) is 6.07 Å². The zero-order chi connectivity index (χ0) is 22.1. The van der Waals surface area contributed by atoms with Gasteiger partial charge in [-0.25, -0.2) is 0 Å². The highest BCUT2D eigenvalue weighted by atomic mass is 127. The first-order valence-corrected chi connectivity index (χ1v) is 12.1. The lowest BCUT2D eigenvalue weighted by Crippen LogP contribution is -2.65. The molecule has 158 valence electrons. The number of benzene rings is 2. The molecule has 3 nitrogen and oxygen atoms in total. The molecule has 2 aromatic rings. The number of ether oxygens (including phenoxy) is 1. The van der Waals surface area contributed by atoms with Gasteiger partial charge in [0, 0.05) is 30.9 Å². The Labute approximate surface area is 201 Å². The van der Waals surface area contributed by atoms with Gasteiger partial charge in [0.1, 0.15) is 17.9 Å². The van der Waals surface area contributed by atoms with E-state index in [0.717, 1.165) is 32.2 Å². The van der Waals surface area contributed by atoms with Crippen molar-refractivity contribution in [2.75, 3.05) is 0 Å². The summed E-state index contributed by atoms with van der Waals surface area (Å²) in [4.78, 5) is 12.5. The van der Waals surface area contributed by atoms with E-state index in [-0.39, 0.29) is 22.7 Å². The Hall–Kier alpha value is -1.39. The van der Waals surface area contributed by atoms with E-state index in [1.165, 1.54) is 0 Å². The predicted octanol–water partition coefficient (Wildman–Crippen LogP) is 7.41. The van der Waals surface area contributed by atoms with Crippen molar-refractivity contribution in [1.29, 1.82) is 5.26 Å². The molecule has 1 saturated carbocycles. The maximum absolute atomic E-state index is 12.5. The van der Waals surface area contributed by atoms with Gasteiger partial charge in [0.15, 0.2) is 5.78 Å². The van der Waals surface area contributed by atoms with Gasteiger partial charge in [-0.15, -0.1) is 0 Å². The minimum Gasteiger partial charge on any atom is -0.489 e. The summed E-state index contributed by atoms with van der Waals surface area (Å²) in [7, 11) is 0. The van der Waals surface area contributed by atoms with Crippen LogP contribution in [0.15, 0.2) is 46.9 Å². The van der Waals surface area contributed by atoms with Gasteiger partial charge >= 0.3 is 0 Å². The van der Waals surface area contributed by atoms with Crippen molar-refractivity contribution in [1.82, 2.24) is 0 Å². The molecular formula is C25H27BrINO2. The number of halogens is 2. The van der Waals surface area contributed by atoms with Crippen molar-refractivity contribution in [2.24, 2.45) is 16.7 Å². The summed E-state index contributed by atoms with van der Waals surface area (Å²) in [5, 5.41) is 9.11. The van der Waals surface area contributed by atoms with E-state index in [0.29, 0.717) is 17.9 Å². The summed E-state index contributed by atoms with van der Waals surface area (Å²) in [6, 6.07) is 15.5. The molecule has 0 unspecified atom stereocenters. The van der Waals surface area contributed by atoms with Crippen LogP contribution >= 0.6 is 38.5 Å². The van der Waals surface area contributed by atoms with Crippen molar-refractivity contribution in [3.05, 3.63) is 61.6 Å². The molecule has 30 heavy (non-hydrogen) atoms. The van der Waals surface area contributed by atoms with Gasteiger partial charge in [-0.1, -0.05) is 39.8 Å². The monoisotopic (exact) mass is 579 g/mol. The van der Waals surface area contributed by atoms with E-state index in [2.05, 4.69) is 72.3 Å². The fraction of sp³-hybridized carbons (Fsp3) is 0.440. The van der Waals surface area contributed by atoms with Crippen LogP contribution in [0.3, 0.4) is 0 Å². The minimum atomic E-state index is 0.00971. The standard InChI is InChI=1S/C25H27BrINO2/c1-24(2)22(7-5-6-21(29)16-8-11-18(27)12-9-16)25(3,4)23(24)30-19-13-10-17(15-28)20(26)14-19/h8-14,22-23H,5-7H2,1-4H3/t22-,23-. The third kappa shape index (κ3) is 4.60. The third-order valence-corrected chi connectivity index (χ3v) is 7.90. The number of hydrogen-bond donors (Lipinski definition) is 0. The highest BCUT2D eigenvalue weighted by Gasteiger charge is 2.62. The van der Waals surface area contributed by atoms with Gasteiger partial charge in [0.25, 0.3) is 0 Å². The Kier molecular flexibility index (Phi) is 6.98. The molecule has 0 heterocycles. The number of Topliss-reactive ketones (excluding diaryl/α,β-unsaturated/α-hetero) is 1. The number of nitriles is 1. The quantitative estimate of drug-likeness (QED) is 0.253. The second kappa shape index (κ2) is 9.00. The number of rotatable bonds is 7. The molecule has 0 aliphatic heterocycles. The van der Waals surface area contributed by atoms with E-state index in [9.17, 15) is 4.79 Å². The third-order valence-electron chi connectivity index (χ3n) is 6.53. The second-order valence-electron chi connectivity index (χ2n) is 9.27. The van der Waals surface area contributed by atoms with E-state index >= 15 is 0 Å². The van der Waals surface area contributed by atoms with Gasteiger partial charge in [0.2, 0.25) is 0 Å². The number of nitrogens with zero attached hydrogens (tertiary/aromatic N) is 1. The molecule has 0 bridgehead atoms. The summed E-state index contributed by atoms with van der Waals surface area (Å²) < 4.78 is 8.29. The van der Waals surface area contributed by atoms with Crippen LogP contribution in [0.1, 0.15) is 62.9 Å². The highest BCUT2D eigenvalue weighted by Crippen LogP contribution is 2.62. The predicted molar refractivity (Wildman–Crippen MR) is 132 cm³/mol. The molecule has 0 amide bonds. The average molecular weight is 580 g/mol. The highest BCUT2D eigenvalue weighted by molar-refractivity contribution is 14.1. The fourth-order valence-corrected chi connectivity index (χ4v) is 6.08. The van der Waals surface area contributed by atoms with Crippen molar-refractivity contribution < 1.29 is 9.53 Å². The van der Waals surface area contributed by atoms with Crippen LogP contribution in [0, 0.1) is 31.6 Å². The van der Waals surface area contributed by atoms with Crippen molar-refractivity contribution in [3.8, 4) is 11.8 Å². The van der Waals surface area contributed by atoms with Crippen LogP contribution in [0.4, 0.5) is 0 Å². The van der Waals surface area contributed by atoms with Gasteiger partial charge in [-0.05, 0) is 87.6 Å². The summed E-state index contributed by atoms with van der Waals surface area (Å²) in [6.45, 7) is 9.03. The van der Waals surface area contributed by atoms with Gasteiger partial charge in [-0.3, -0.25) is 4.79 Å². The Morgan fingerprint density at radius 1 is 1.13 bits per heavy atom. The van der Waals surface area contributed by atoms with Crippen molar-refractivity contribution in [2.45, 2.75) is 53.1 Å². The Bertz CT molecular complexity index is 960. The Morgan fingerprint density at radius 2 is 1.77 bits per heavy atom. The molecule has 2 aromatic carbocycles. The first kappa shape index (κ1) is 23.3. The van der Waals surface area contributed by atoms with Crippen LogP contribution in [-0.2, 0) is 0 Å². The first-order valence-electron chi connectivity index (χ1n) is 10.2. The van der Waals surface area contributed by atoms with Crippen LogP contribution < -0.4 is 4.74 Å². The van der Waals surface area contributed by atoms with Crippen LogP contribution in [0.5, 0.6) is 5.75 Å². The smallest absolute Gasteiger partial charge is 0.162 e. The second-order valence-corrected chi connectivity index (χ2v) is 11.4. The lowest BCUT2D eigenvalue weighted by molar-refractivity contribution is -0.200. The number of carbonyl (C=O) groups excluding carboxylic acids is 1. The van der Waals surface area contributed by atoms with E-state index in [4.69, 9.17) is 10.00 Å². The molecule has 1 aliphatic rings. The largest absolute Gasteiger partial charge is 0.489 e.